The van der Waals surface area contributed by atoms with Gasteiger partial charge < -0.3 is 20.1 Å². The number of nitrogens with zero attached hydrogens (tertiary/aromatic N) is 2. The van der Waals surface area contributed by atoms with Crippen molar-refractivity contribution in [1.82, 2.24) is 14.7 Å². The van der Waals surface area contributed by atoms with Crippen LogP contribution in [-0.2, 0) is 5.41 Å². The fourth-order valence-electron chi connectivity index (χ4n) is 3.78. The van der Waals surface area contributed by atoms with Crippen LogP contribution in [0.15, 0.2) is 73.1 Å². The predicted molar refractivity (Wildman–Crippen MR) is 134 cm³/mol. The number of imidazole rings is 1. The molecule has 0 saturated carbocycles. The summed E-state index contributed by atoms with van der Waals surface area (Å²) in [4.78, 5) is 29.7. The number of anilines is 1. The maximum atomic E-state index is 12.8. The summed E-state index contributed by atoms with van der Waals surface area (Å²) >= 11 is 0. The van der Waals surface area contributed by atoms with Crippen molar-refractivity contribution in [2.45, 2.75) is 19.3 Å². The van der Waals surface area contributed by atoms with Crippen molar-refractivity contribution in [1.29, 1.82) is 0 Å². The first-order chi connectivity index (χ1) is 16.8. The minimum atomic E-state index is -0.331. The number of aromatic nitrogens is 2. The Balaban J connectivity index is 1.40. The Morgan fingerprint density at radius 1 is 0.943 bits per heavy atom. The molecule has 0 radical (unpaired) electrons. The summed E-state index contributed by atoms with van der Waals surface area (Å²) in [6.07, 6.45) is 3.39. The Morgan fingerprint density at radius 2 is 1.69 bits per heavy atom. The van der Waals surface area contributed by atoms with Crippen molar-refractivity contribution in [2.75, 3.05) is 26.1 Å². The Morgan fingerprint density at radius 3 is 2.40 bits per heavy atom. The van der Waals surface area contributed by atoms with Gasteiger partial charge in [0.05, 0.1) is 20.4 Å². The van der Waals surface area contributed by atoms with Gasteiger partial charge in [-0.2, -0.15) is 0 Å². The molecule has 0 atom stereocenters. The third kappa shape index (κ3) is 5.11. The topological polar surface area (TPSA) is 94.0 Å². The lowest BCUT2D eigenvalue weighted by atomic mass is 9.84. The number of fused-ring (bicyclic) bond motifs is 1. The highest BCUT2D eigenvalue weighted by Gasteiger charge is 2.23. The van der Waals surface area contributed by atoms with Crippen LogP contribution in [0, 0.1) is 0 Å². The quantitative estimate of drug-likeness (QED) is 0.399. The Bertz CT molecular complexity index is 1360. The number of hydrogen-bond acceptors (Lipinski definition) is 5. The fourth-order valence-corrected chi connectivity index (χ4v) is 3.78. The SMILES string of the molecule is COc1ccc(C(=O)Nc2ccc(C(C)(C)CNC(=O)c3cnc4ccccn34)cc2)cc1OC. The summed E-state index contributed by atoms with van der Waals surface area (Å²) < 4.78 is 12.3. The number of hydrogen-bond donors (Lipinski definition) is 2. The van der Waals surface area contributed by atoms with Crippen LogP contribution in [0.3, 0.4) is 0 Å². The van der Waals surface area contributed by atoms with Crippen molar-refractivity contribution >= 4 is 23.1 Å². The van der Waals surface area contributed by atoms with Crippen LogP contribution in [0.25, 0.3) is 5.65 Å². The van der Waals surface area contributed by atoms with Crippen LogP contribution in [0.1, 0.15) is 40.3 Å². The predicted octanol–water partition coefficient (Wildman–Crippen LogP) is 4.31. The second-order valence-electron chi connectivity index (χ2n) is 8.74. The molecule has 2 amide bonds. The first-order valence-electron chi connectivity index (χ1n) is 11.2. The highest BCUT2D eigenvalue weighted by molar-refractivity contribution is 6.04. The van der Waals surface area contributed by atoms with E-state index in [4.69, 9.17) is 9.47 Å². The lowest BCUT2D eigenvalue weighted by Gasteiger charge is -2.26. The molecular formula is C27H28N4O4. The molecule has 0 spiro atoms. The maximum absolute atomic E-state index is 12.8. The number of pyridine rings is 1. The Kier molecular flexibility index (Phi) is 6.73. The molecular weight excluding hydrogens is 444 g/mol. The van der Waals surface area contributed by atoms with E-state index >= 15 is 0 Å². The highest BCUT2D eigenvalue weighted by Crippen LogP contribution is 2.28. The molecule has 0 aliphatic carbocycles. The van der Waals surface area contributed by atoms with Crippen LogP contribution >= 0.6 is 0 Å². The Labute approximate surface area is 203 Å². The lowest BCUT2D eigenvalue weighted by molar-refractivity contribution is 0.0939. The molecule has 2 heterocycles. The standard InChI is InChI=1S/C27H28N4O4/c1-27(2,17-29-26(33)21-16-28-24-7-5-6-14-31(21)24)19-9-11-20(12-10-19)30-25(32)18-8-13-22(34-3)23(15-18)35-4/h5-16H,17H2,1-4H3,(H,29,33)(H,30,32). The van der Waals surface area contributed by atoms with Crippen molar-refractivity contribution in [3.63, 3.8) is 0 Å². The zero-order valence-electron chi connectivity index (χ0n) is 20.2. The summed E-state index contributed by atoms with van der Waals surface area (Å²) in [5.41, 5.74) is 3.04. The molecule has 0 unspecified atom stereocenters. The molecule has 0 bridgehead atoms. The van der Waals surface area contributed by atoms with Gasteiger partial charge >= 0.3 is 0 Å². The van der Waals surface area contributed by atoms with Gasteiger partial charge in [-0.15, -0.1) is 0 Å². The monoisotopic (exact) mass is 472 g/mol. The molecule has 0 aliphatic rings. The van der Waals surface area contributed by atoms with Crippen molar-refractivity contribution in [2.24, 2.45) is 0 Å². The summed E-state index contributed by atoms with van der Waals surface area (Å²) in [5, 5.41) is 5.91. The van der Waals surface area contributed by atoms with Gasteiger partial charge in [-0.1, -0.05) is 32.0 Å². The van der Waals surface area contributed by atoms with E-state index in [0.717, 1.165) is 11.2 Å². The molecule has 4 rings (SSSR count). The number of methoxy groups -OCH3 is 2. The van der Waals surface area contributed by atoms with E-state index in [0.29, 0.717) is 35.0 Å². The number of benzene rings is 2. The minimum absolute atomic E-state index is 0.185. The molecule has 0 fully saturated rings. The number of nitrogens with one attached hydrogen (secondary N) is 2. The van der Waals surface area contributed by atoms with Crippen LogP contribution in [0.4, 0.5) is 5.69 Å². The third-order valence-electron chi connectivity index (χ3n) is 5.91. The molecule has 2 aromatic carbocycles. The average Bonchev–Trinajstić information content (AvgIpc) is 3.31. The molecule has 2 N–H and O–H groups in total. The summed E-state index contributed by atoms with van der Waals surface area (Å²) in [6, 6.07) is 18.2. The van der Waals surface area contributed by atoms with E-state index in [1.165, 1.54) is 7.11 Å². The number of carbonyl (C=O) groups excluding carboxylic acids is 2. The van der Waals surface area contributed by atoms with Crippen molar-refractivity contribution in [3.05, 3.63) is 89.9 Å². The third-order valence-corrected chi connectivity index (χ3v) is 5.91. The summed E-state index contributed by atoms with van der Waals surface area (Å²) in [6.45, 7) is 4.54. The first-order valence-corrected chi connectivity index (χ1v) is 11.2. The van der Waals surface area contributed by atoms with E-state index in [2.05, 4.69) is 29.5 Å². The van der Waals surface area contributed by atoms with Gasteiger partial charge in [0.25, 0.3) is 11.8 Å². The molecule has 0 saturated heterocycles. The fraction of sp³-hybridized carbons (Fsp3) is 0.222. The second-order valence-corrected chi connectivity index (χ2v) is 8.74. The van der Waals surface area contributed by atoms with Gasteiger partial charge in [0, 0.05) is 29.4 Å². The highest BCUT2D eigenvalue weighted by atomic mass is 16.5. The largest absolute Gasteiger partial charge is 0.493 e. The summed E-state index contributed by atoms with van der Waals surface area (Å²) in [5.74, 6) is 0.612. The van der Waals surface area contributed by atoms with Gasteiger partial charge in [0.2, 0.25) is 0 Å². The average molecular weight is 473 g/mol. The molecule has 8 nitrogen and oxygen atoms in total. The van der Waals surface area contributed by atoms with Gasteiger partial charge in [-0.25, -0.2) is 4.98 Å². The summed E-state index contributed by atoms with van der Waals surface area (Å²) in [7, 11) is 3.08. The molecule has 4 aromatic rings. The molecule has 8 heteroatoms. The smallest absolute Gasteiger partial charge is 0.269 e. The van der Waals surface area contributed by atoms with Gasteiger partial charge in [-0.05, 0) is 48.0 Å². The molecule has 0 aliphatic heterocycles. The lowest BCUT2D eigenvalue weighted by Crippen LogP contribution is -2.37. The van der Waals surface area contributed by atoms with E-state index < -0.39 is 0 Å². The maximum Gasteiger partial charge on any atom is 0.269 e. The van der Waals surface area contributed by atoms with E-state index in [1.807, 2.05) is 48.7 Å². The van der Waals surface area contributed by atoms with Crippen LogP contribution in [0.5, 0.6) is 11.5 Å². The number of ether oxygens (including phenoxy) is 2. The van der Waals surface area contributed by atoms with Crippen LogP contribution in [-0.4, -0.2) is 42.0 Å². The molecule has 35 heavy (non-hydrogen) atoms. The van der Waals surface area contributed by atoms with E-state index in [1.54, 1.807) is 35.9 Å². The van der Waals surface area contributed by atoms with Crippen molar-refractivity contribution in [3.8, 4) is 11.5 Å². The Hall–Kier alpha value is -4.33. The molecule has 2 aromatic heterocycles. The van der Waals surface area contributed by atoms with Gasteiger partial charge in [-0.3, -0.25) is 14.0 Å². The van der Waals surface area contributed by atoms with Crippen LogP contribution in [0.2, 0.25) is 0 Å². The minimum Gasteiger partial charge on any atom is -0.493 e. The normalized spacial score (nSPS) is 11.2. The first kappa shape index (κ1) is 23.8. The van der Waals surface area contributed by atoms with Gasteiger partial charge in [0.15, 0.2) is 11.5 Å². The number of rotatable bonds is 8. The van der Waals surface area contributed by atoms with Gasteiger partial charge in [0.1, 0.15) is 11.3 Å². The molecule has 180 valence electrons. The van der Waals surface area contributed by atoms with Crippen LogP contribution < -0.4 is 20.1 Å². The van der Waals surface area contributed by atoms with Crippen molar-refractivity contribution < 1.29 is 19.1 Å². The van der Waals surface area contributed by atoms with E-state index in [9.17, 15) is 9.59 Å². The number of amides is 2. The van der Waals surface area contributed by atoms with E-state index in [-0.39, 0.29) is 17.2 Å². The number of carbonyl (C=O) groups is 2. The second kappa shape index (κ2) is 9.89. The zero-order valence-corrected chi connectivity index (χ0v) is 20.2. The zero-order chi connectivity index (χ0) is 25.0.